The SMILES string of the molecule is CCN(CCC(=O)OC)CC(C)O. The molecule has 0 heterocycles. The molecule has 0 aromatic carbocycles. The van der Waals surface area contributed by atoms with E-state index < -0.39 is 0 Å². The Kier molecular flexibility index (Phi) is 6.54. The lowest BCUT2D eigenvalue weighted by Crippen LogP contribution is -2.32. The van der Waals surface area contributed by atoms with E-state index in [9.17, 15) is 4.79 Å². The van der Waals surface area contributed by atoms with Gasteiger partial charge in [-0.15, -0.1) is 0 Å². The van der Waals surface area contributed by atoms with Gasteiger partial charge in [-0.05, 0) is 13.5 Å². The van der Waals surface area contributed by atoms with E-state index in [1.807, 2.05) is 11.8 Å². The van der Waals surface area contributed by atoms with E-state index in [-0.39, 0.29) is 12.1 Å². The van der Waals surface area contributed by atoms with Crippen LogP contribution in [0.5, 0.6) is 0 Å². The van der Waals surface area contributed by atoms with Crippen LogP contribution in [0.2, 0.25) is 0 Å². The maximum absolute atomic E-state index is 10.8. The van der Waals surface area contributed by atoms with Crippen LogP contribution in [0, 0.1) is 0 Å². The largest absolute Gasteiger partial charge is 0.469 e. The molecule has 0 aliphatic heterocycles. The maximum Gasteiger partial charge on any atom is 0.306 e. The third-order valence-corrected chi connectivity index (χ3v) is 1.83. The van der Waals surface area contributed by atoms with E-state index in [1.54, 1.807) is 6.92 Å². The van der Waals surface area contributed by atoms with Crippen LogP contribution in [0.4, 0.5) is 0 Å². The predicted molar refractivity (Wildman–Crippen MR) is 50.4 cm³/mol. The highest BCUT2D eigenvalue weighted by atomic mass is 16.5. The molecule has 1 N–H and O–H groups in total. The average molecular weight is 189 g/mol. The highest BCUT2D eigenvalue weighted by Gasteiger charge is 2.08. The van der Waals surface area contributed by atoms with Crippen molar-refractivity contribution in [1.82, 2.24) is 4.90 Å². The monoisotopic (exact) mass is 189 g/mol. The lowest BCUT2D eigenvalue weighted by atomic mass is 10.3. The zero-order chi connectivity index (χ0) is 10.3. The first-order valence-corrected chi connectivity index (χ1v) is 4.57. The maximum atomic E-state index is 10.8. The van der Waals surface area contributed by atoms with E-state index in [2.05, 4.69) is 4.74 Å². The van der Waals surface area contributed by atoms with Gasteiger partial charge >= 0.3 is 5.97 Å². The van der Waals surface area contributed by atoms with E-state index in [0.717, 1.165) is 6.54 Å². The minimum atomic E-state index is -0.349. The Morgan fingerprint density at radius 3 is 2.62 bits per heavy atom. The van der Waals surface area contributed by atoms with Crippen LogP contribution < -0.4 is 0 Å². The van der Waals surface area contributed by atoms with Crippen molar-refractivity contribution in [3.8, 4) is 0 Å². The Bertz CT molecular complexity index is 148. The summed E-state index contributed by atoms with van der Waals surface area (Å²) in [7, 11) is 1.38. The Labute approximate surface area is 79.5 Å². The number of likely N-dealkylation sites (N-methyl/N-ethyl adjacent to an activating group) is 1. The molecule has 0 fully saturated rings. The van der Waals surface area contributed by atoms with E-state index >= 15 is 0 Å². The molecule has 1 atom stereocenters. The summed E-state index contributed by atoms with van der Waals surface area (Å²) in [6, 6.07) is 0. The van der Waals surface area contributed by atoms with Crippen LogP contribution in [-0.4, -0.2) is 48.8 Å². The minimum absolute atomic E-state index is 0.205. The second kappa shape index (κ2) is 6.86. The van der Waals surface area contributed by atoms with Crippen LogP contribution in [0.25, 0.3) is 0 Å². The molecule has 0 spiro atoms. The van der Waals surface area contributed by atoms with Crippen molar-refractivity contribution in [1.29, 1.82) is 0 Å². The number of rotatable bonds is 6. The Balaban J connectivity index is 3.65. The number of hydrogen-bond acceptors (Lipinski definition) is 4. The Hall–Kier alpha value is -0.610. The van der Waals surface area contributed by atoms with Crippen molar-refractivity contribution in [3.05, 3.63) is 0 Å². The van der Waals surface area contributed by atoms with Gasteiger partial charge in [0.1, 0.15) is 0 Å². The van der Waals surface area contributed by atoms with E-state index in [1.165, 1.54) is 7.11 Å². The molecule has 0 rings (SSSR count). The number of carbonyl (C=O) groups excluding carboxylic acids is 1. The van der Waals surface area contributed by atoms with Crippen molar-refractivity contribution in [2.45, 2.75) is 26.4 Å². The van der Waals surface area contributed by atoms with E-state index in [0.29, 0.717) is 19.5 Å². The standard InChI is InChI=1S/C9H19NO3/c1-4-10(7-8(2)11)6-5-9(12)13-3/h8,11H,4-7H2,1-3H3. The number of hydrogen-bond donors (Lipinski definition) is 1. The molecule has 78 valence electrons. The number of carbonyl (C=O) groups is 1. The van der Waals surface area contributed by atoms with Gasteiger partial charge in [-0.1, -0.05) is 6.92 Å². The topological polar surface area (TPSA) is 49.8 Å². The summed E-state index contributed by atoms with van der Waals surface area (Å²) in [4.78, 5) is 12.8. The van der Waals surface area contributed by atoms with Gasteiger partial charge in [-0.2, -0.15) is 0 Å². The van der Waals surface area contributed by atoms with Crippen LogP contribution in [0.3, 0.4) is 0 Å². The van der Waals surface area contributed by atoms with Gasteiger partial charge in [0.05, 0.1) is 19.6 Å². The summed E-state index contributed by atoms with van der Waals surface area (Å²) in [5.74, 6) is -0.205. The van der Waals surface area contributed by atoms with Crippen molar-refractivity contribution in [2.75, 3.05) is 26.7 Å². The van der Waals surface area contributed by atoms with Crippen molar-refractivity contribution >= 4 is 5.97 Å². The number of nitrogens with zero attached hydrogens (tertiary/aromatic N) is 1. The predicted octanol–water partition coefficient (Wildman–Crippen LogP) is 0.252. The molecule has 0 aromatic heterocycles. The molecule has 0 amide bonds. The summed E-state index contributed by atoms with van der Waals surface area (Å²) in [5.41, 5.74) is 0. The first-order valence-electron chi connectivity index (χ1n) is 4.57. The van der Waals surface area contributed by atoms with Crippen LogP contribution in [0.1, 0.15) is 20.3 Å². The fraction of sp³-hybridized carbons (Fsp3) is 0.889. The molecule has 4 nitrogen and oxygen atoms in total. The molecule has 0 bridgehead atoms. The minimum Gasteiger partial charge on any atom is -0.469 e. The van der Waals surface area contributed by atoms with Crippen LogP contribution in [0.15, 0.2) is 0 Å². The number of ether oxygens (including phenoxy) is 1. The zero-order valence-corrected chi connectivity index (χ0v) is 8.62. The highest BCUT2D eigenvalue weighted by molar-refractivity contribution is 5.69. The molecular weight excluding hydrogens is 170 g/mol. The van der Waals surface area contributed by atoms with Gasteiger partial charge in [0.2, 0.25) is 0 Å². The molecule has 0 aromatic rings. The second-order valence-electron chi connectivity index (χ2n) is 3.07. The van der Waals surface area contributed by atoms with Gasteiger partial charge < -0.3 is 14.7 Å². The molecule has 1 unspecified atom stereocenters. The lowest BCUT2D eigenvalue weighted by Gasteiger charge is -2.20. The summed E-state index contributed by atoms with van der Waals surface area (Å²) in [5, 5.41) is 9.12. The van der Waals surface area contributed by atoms with Gasteiger partial charge in [0.25, 0.3) is 0 Å². The zero-order valence-electron chi connectivity index (χ0n) is 8.62. The smallest absolute Gasteiger partial charge is 0.306 e. The van der Waals surface area contributed by atoms with Crippen molar-refractivity contribution in [3.63, 3.8) is 0 Å². The highest BCUT2D eigenvalue weighted by Crippen LogP contribution is 1.95. The second-order valence-corrected chi connectivity index (χ2v) is 3.07. The summed E-state index contributed by atoms with van der Waals surface area (Å²) in [6.45, 7) is 5.82. The molecule has 0 radical (unpaired) electrons. The molecule has 0 aliphatic carbocycles. The first-order chi connectivity index (χ1) is 6.10. The lowest BCUT2D eigenvalue weighted by molar-refractivity contribution is -0.141. The fourth-order valence-corrected chi connectivity index (χ4v) is 1.10. The number of aliphatic hydroxyl groups is 1. The molecule has 13 heavy (non-hydrogen) atoms. The van der Waals surface area contributed by atoms with Gasteiger partial charge in [-0.3, -0.25) is 4.79 Å². The summed E-state index contributed by atoms with van der Waals surface area (Å²) < 4.78 is 4.52. The summed E-state index contributed by atoms with van der Waals surface area (Å²) >= 11 is 0. The number of esters is 1. The Morgan fingerprint density at radius 1 is 1.62 bits per heavy atom. The van der Waals surface area contributed by atoms with Crippen molar-refractivity contribution < 1.29 is 14.6 Å². The molecule has 0 saturated carbocycles. The molecular formula is C9H19NO3. The van der Waals surface area contributed by atoms with Crippen molar-refractivity contribution in [2.24, 2.45) is 0 Å². The van der Waals surface area contributed by atoms with Crippen LogP contribution in [-0.2, 0) is 9.53 Å². The normalized spacial score (nSPS) is 13.0. The van der Waals surface area contributed by atoms with Gasteiger partial charge in [-0.25, -0.2) is 0 Å². The number of methoxy groups -OCH3 is 1. The number of aliphatic hydroxyl groups excluding tert-OH is 1. The van der Waals surface area contributed by atoms with Gasteiger partial charge in [0, 0.05) is 13.1 Å². The summed E-state index contributed by atoms with van der Waals surface area (Å²) in [6.07, 6.45) is 0.0365. The molecule has 0 saturated heterocycles. The molecule has 0 aliphatic rings. The fourth-order valence-electron chi connectivity index (χ4n) is 1.10. The van der Waals surface area contributed by atoms with E-state index in [4.69, 9.17) is 5.11 Å². The van der Waals surface area contributed by atoms with Gasteiger partial charge in [0.15, 0.2) is 0 Å². The molecule has 4 heteroatoms. The first kappa shape index (κ1) is 12.4. The quantitative estimate of drug-likeness (QED) is 0.609. The third-order valence-electron chi connectivity index (χ3n) is 1.83. The third kappa shape index (κ3) is 6.54. The Morgan fingerprint density at radius 2 is 2.23 bits per heavy atom. The average Bonchev–Trinajstić information content (AvgIpc) is 2.10. The van der Waals surface area contributed by atoms with Crippen LogP contribution >= 0.6 is 0 Å².